The van der Waals surface area contributed by atoms with E-state index >= 15 is 0 Å². The quantitative estimate of drug-likeness (QED) is 0.275. The number of carbonyl (C=O) groups excluding carboxylic acids is 2. The van der Waals surface area contributed by atoms with Crippen molar-refractivity contribution in [2.24, 2.45) is 28.6 Å². The minimum atomic E-state index is -0.891. The molecule has 0 unspecified atom stereocenters. The molecule has 1 N–H and O–H groups in total. The summed E-state index contributed by atoms with van der Waals surface area (Å²) in [5, 5.41) is 11.1. The van der Waals surface area contributed by atoms with E-state index in [0.29, 0.717) is 19.3 Å². The number of halogens is 1. The van der Waals surface area contributed by atoms with Gasteiger partial charge in [0.05, 0.1) is 28.0 Å². The van der Waals surface area contributed by atoms with Gasteiger partial charge in [0.2, 0.25) is 0 Å². The molecule has 8 atom stereocenters. The number of methoxy groups -OCH3 is 1. The fourth-order valence-corrected chi connectivity index (χ4v) is 8.95. The van der Waals surface area contributed by atoms with Gasteiger partial charge in [-0.1, -0.05) is 29.2 Å². The summed E-state index contributed by atoms with van der Waals surface area (Å²) >= 11 is 2.44. The topological polar surface area (TPSA) is 72.8 Å². The van der Waals surface area contributed by atoms with Crippen molar-refractivity contribution in [1.82, 2.24) is 0 Å². The van der Waals surface area contributed by atoms with Crippen molar-refractivity contribution < 1.29 is 24.2 Å². The molecule has 0 aromatic carbocycles. The zero-order chi connectivity index (χ0) is 18.7. The minimum Gasteiger partial charge on any atom is -0.469 e. The van der Waals surface area contributed by atoms with Gasteiger partial charge in [0.15, 0.2) is 0 Å². The molecule has 0 amide bonds. The molecule has 5 fully saturated rings. The first-order valence-electron chi connectivity index (χ1n) is 9.52. The number of esters is 2. The highest BCUT2D eigenvalue weighted by atomic mass is 127. The SMILES string of the molecule is C=C1C[C@]23C[C@@]1(O)CC[C@H]2[C@]12OC(=O)[C@](C)(CC[C@H]1I)[C@H]2[C@@H]3C(=O)OC. The van der Waals surface area contributed by atoms with E-state index < -0.39 is 27.9 Å². The van der Waals surface area contributed by atoms with E-state index in [1.807, 2.05) is 6.92 Å². The number of ether oxygens (including phenoxy) is 2. The second-order valence-corrected chi connectivity index (χ2v) is 11.0. The van der Waals surface area contributed by atoms with Crippen LogP contribution in [-0.4, -0.2) is 39.3 Å². The van der Waals surface area contributed by atoms with Crippen molar-refractivity contribution in [3.63, 3.8) is 0 Å². The summed E-state index contributed by atoms with van der Waals surface area (Å²) in [7, 11) is 1.43. The van der Waals surface area contributed by atoms with Crippen LogP contribution in [0.2, 0.25) is 0 Å². The number of alkyl halides is 1. The number of fused-ring (bicyclic) bond motifs is 1. The Balaban J connectivity index is 1.77. The Morgan fingerprint density at radius 3 is 2.81 bits per heavy atom. The van der Waals surface area contributed by atoms with Crippen LogP contribution < -0.4 is 0 Å². The van der Waals surface area contributed by atoms with Crippen molar-refractivity contribution in [2.75, 3.05) is 7.11 Å². The summed E-state index contributed by atoms with van der Waals surface area (Å²) in [6.45, 7) is 6.14. The van der Waals surface area contributed by atoms with Crippen molar-refractivity contribution in [3.8, 4) is 0 Å². The van der Waals surface area contributed by atoms with Crippen molar-refractivity contribution in [2.45, 2.75) is 60.6 Å². The number of carbonyl (C=O) groups is 2. The molecule has 5 nitrogen and oxygen atoms in total. The Bertz CT molecular complexity index is 750. The monoisotopic (exact) mass is 472 g/mol. The molecule has 4 aliphatic carbocycles. The van der Waals surface area contributed by atoms with Crippen LogP contribution in [-0.2, 0) is 19.1 Å². The first-order valence-corrected chi connectivity index (χ1v) is 10.8. The van der Waals surface area contributed by atoms with Crippen molar-refractivity contribution in [3.05, 3.63) is 12.2 Å². The van der Waals surface area contributed by atoms with Crippen LogP contribution in [0.5, 0.6) is 0 Å². The summed E-state index contributed by atoms with van der Waals surface area (Å²) in [4.78, 5) is 26.0. The summed E-state index contributed by atoms with van der Waals surface area (Å²) in [6, 6.07) is 0. The van der Waals surface area contributed by atoms with Gasteiger partial charge in [0.25, 0.3) is 0 Å². The molecule has 26 heavy (non-hydrogen) atoms. The molecule has 1 spiro atoms. The van der Waals surface area contributed by atoms with Gasteiger partial charge in [-0.2, -0.15) is 0 Å². The first-order chi connectivity index (χ1) is 12.2. The number of rotatable bonds is 1. The van der Waals surface area contributed by atoms with Crippen LogP contribution in [0.3, 0.4) is 0 Å². The van der Waals surface area contributed by atoms with Gasteiger partial charge in [0.1, 0.15) is 5.60 Å². The van der Waals surface area contributed by atoms with Gasteiger partial charge in [0, 0.05) is 11.8 Å². The van der Waals surface area contributed by atoms with Gasteiger partial charge >= 0.3 is 11.9 Å². The molecule has 0 radical (unpaired) electrons. The van der Waals surface area contributed by atoms with Crippen LogP contribution in [0.25, 0.3) is 0 Å². The number of hydrogen-bond donors (Lipinski definition) is 1. The van der Waals surface area contributed by atoms with Crippen LogP contribution in [0.4, 0.5) is 0 Å². The van der Waals surface area contributed by atoms with Gasteiger partial charge in [-0.05, 0) is 56.4 Å². The van der Waals surface area contributed by atoms with E-state index in [-0.39, 0.29) is 27.7 Å². The summed E-state index contributed by atoms with van der Waals surface area (Å²) < 4.78 is 11.7. The Morgan fingerprint density at radius 1 is 1.38 bits per heavy atom. The minimum absolute atomic E-state index is 0.0802. The molecule has 4 saturated carbocycles. The largest absolute Gasteiger partial charge is 0.469 e. The maximum atomic E-state index is 13.1. The zero-order valence-corrected chi connectivity index (χ0v) is 17.4. The molecule has 0 aromatic rings. The molecule has 1 aliphatic heterocycles. The predicted molar refractivity (Wildman–Crippen MR) is 101 cm³/mol. The maximum Gasteiger partial charge on any atom is 0.312 e. The Morgan fingerprint density at radius 2 is 2.12 bits per heavy atom. The van der Waals surface area contributed by atoms with E-state index in [4.69, 9.17) is 9.47 Å². The molecule has 0 aromatic heterocycles. The van der Waals surface area contributed by atoms with Crippen LogP contribution in [0.1, 0.15) is 45.4 Å². The molecular formula is C20H25IO5. The van der Waals surface area contributed by atoms with E-state index in [1.165, 1.54) is 7.11 Å². The smallest absolute Gasteiger partial charge is 0.312 e. The first kappa shape index (κ1) is 17.5. The highest BCUT2D eigenvalue weighted by Crippen LogP contribution is 2.79. The second-order valence-electron chi connectivity index (χ2n) is 9.46. The maximum absolute atomic E-state index is 13.1. The van der Waals surface area contributed by atoms with Gasteiger partial charge in [-0.3, -0.25) is 9.59 Å². The van der Waals surface area contributed by atoms with E-state index in [1.54, 1.807) is 0 Å². The molecule has 4 bridgehead atoms. The Labute approximate surface area is 167 Å². The number of hydrogen-bond acceptors (Lipinski definition) is 5. The van der Waals surface area contributed by atoms with Crippen LogP contribution in [0, 0.1) is 28.6 Å². The van der Waals surface area contributed by atoms with E-state index in [2.05, 4.69) is 29.2 Å². The molecule has 1 heterocycles. The Kier molecular flexibility index (Phi) is 3.26. The fraction of sp³-hybridized carbons (Fsp3) is 0.800. The van der Waals surface area contributed by atoms with Crippen LogP contribution in [0.15, 0.2) is 12.2 Å². The third-order valence-electron chi connectivity index (χ3n) is 8.63. The summed E-state index contributed by atoms with van der Waals surface area (Å²) in [5.41, 5.74) is -1.72. The normalized spacial score (nSPS) is 56.8. The van der Waals surface area contributed by atoms with Crippen LogP contribution >= 0.6 is 22.6 Å². The molecule has 5 aliphatic rings. The molecule has 5 rings (SSSR count). The lowest BCUT2D eigenvalue weighted by molar-refractivity contribution is -0.162. The average molecular weight is 472 g/mol. The zero-order valence-electron chi connectivity index (χ0n) is 15.2. The molecule has 1 saturated heterocycles. The molecule has 6 heteroatoms. The highest BCUT2D eigenvalue weighted by molar-refractivity contribution is 14.1. The molecular weight excluding hydrogens is 447 g/mol. The second kappa shape index (κ2) is 4.85. The van der Waals surface area contributed by atoms with Gasteiger partial charge in [-0.25, -0.2) is 0 Å². The number of aliphatic hydroxyl groups is 1. The third-order valence-corrected chi connectivity index (χ3v) is 10.2. The lowest BCUT2D eigenvalue weighted by Crippen LogP contribution is -2.54. The highest BCUT2D eigenvalue weighted by Gasteiger charge is 2.84. The summed E-state index contributed by atoms with van der Waals surface area (Å²) in [5.74, 6) is -0.919. The van der Waals surface area contributed by atoms with E-state index in [9.17, 15) is 14.7 Å². The van der Waals surface area contributed by atoms with Gasteiger partial charge in [-0.15, -0.1) is 0 Å². The fourth-order valence-electron chi connectivity index (χ4n) is 7.69. The average Bonchev–Trinajstić information content (AvgIpc) is 3.02. The predicted octanol–water partition coefficient (Wildman–Crippen LogP) is 2.78. The lowest BCUT2D eigenvalue weighted by atomic mass is 9.60. The van der Waals surface area contributed by atoms with Crippen molar-refractivity contribution >= 4 is 34.5 Å². The van der Waals surface area contributed by atoms with Gasteiger partial charge < -0.3 is 14.6 Å². The Hall–Kier alpha value is -0.630. The van der Waals surface area contributed by atoms with E-state index in [0.717, 1.165) is 24.8 Å². The third kappa shape index (κ3) is 1.60. The molecule has 142 valence electrons. The van der Waals surface area contributed by atoms with Crippen molar-refractivity contribution in [1.29, 1.82) is 0 Å². The lowest BCUT2D eigenvalue weighted by Gasteiger charge is -2.47. The standard InChI is InChI=1S/C20H25IO5/c1-10-8-18-9-19(10,24)7-4-11(18)20-12(21)5-6-17(2,16(23)26-20)14(20)13(18)15(22)25-3/h11-14,24H,1,4-9H2,2-3H3/t11-,12-,13-,14-,17-,18+,19+,20+/m1/s1. The summed E-state index contributed by atoms with van der Waals surface area (Å²) in [6.07, 6.45) is 4.24.